The average molecular weight is 180 g/mol. The summed E-state index contributed by atoms with van der Waals surface area (Å²) in [5.41, 5.74) is 1.04. The maximum atomic E-state index is 11.2. The van der Waals surface area contributed by atoms with Gasteiger partial charge in [0.25, 0.3) is 0 Å². The van der Waals surface area contributed by atoms with Crippen molar-refractivity contribution in [3.63, 3.8) is 0 Å². The van der Waals surface area contributed by atoms with E-state index in [2.05, 4.69) is 13.8 Å². The van der Waals surface area contributed by atoms with E-state index in [0.717, 1.165) is 19.3 Å². The van der Waals surface area contributed by atoms with Crippen LogP contribution in [0.1, 0.15) is 40.0 Å². The molecular formula is C11H16O2. The zero-order valence-electron chi connectivity index (χ0n) is 8.52. The molecule has 0 saturated heterocycles. The number of carbonyl (C=O) groups excluding carboxylic acids is 1. The molecule has 1 heterocycles. The lowest BCUT2D eigenvalue weighted by Gasteiger charge is -2.41. The number of fused-ring (bicyclic) bond motifs is 1. The molecule has 1 saturated carbocycles. The van der Waals surface area contributed by atoms with Crippen LogP contribution >= 0.6 is 0 Å². The summed E-state index contributed by atoms with van der Waals surface area (Å²) in [5, 5.41) is 0. The minimum atomic E-state index is -0.293. The Balaban J connectivity index is 2.42. The van der Waals surface area contributed by atoms with Crippen LogP contribution in [-0.2, 0) is 9.53 Å². The predicted molar refractivity (Wildman–Crippen MR) is 50.2 cm³/mol. The van der Waals surface area contributed by atoms with Gasteiger partial charge in [-0.3, -0.25) is 0 Å². The molecule has 2 rings (SSSR count). The minimum Gasteiger partial charge on any atom is -0.452 e. The van der Waals surface area contributed by atoms with Gasteiger partial charge in [-0.05, 0) is 37.2 Å². The molecule has 13 heavy (non-hydrogen) atoms. The molecule has 0 aromatic heterocycles. The highest BCUT2D eigenvalue weighted by atomic mass is 16.6. The van der Waals surface area contributed by atoms with Crippen molar-refractivity contribution in [1.29, 1.82) is 0 Å². The number of rotatable bonds is 0. The molecule has 0 aromatic carbocycles. The molecule has 0 aromatic rings. The first-order chi connectivity index (χ1) is 5.94. The fourth-order valence-electron chi connectivity index (χ4n) is 2.68. The van der Waals surface area contributed by atoms with Crippen molar-refractivity contribution < 1.29 is 9.53 Å². The van der Waals surface area contributed by atoms with Crippen molar-refractivity contribution in [2.24, 2.45) is 5.41 Å². The van der Waals surface area contributed by atoms with E-state index >= 15 is 0 Å². The van der Waals surface area contributed by atoms with Gasteiger partial charge < -0.3 is 4.74 Å². The second kappa shape index (κ2) is 2.37. The quantitative estimate of drug-likeness (QED) is 0.535. The highest BCUT2D eigenvalue weighted by molar-refractivity contribution is 5.87. The van der Waals surface area contributed by atoms with Crippen LogP contribution in [0.15, 0.2) is 11.6 Å². The van der Waals surface area contributed by atoms with Crippen LogP contribution in [0.25, 0.3) is 0 Å². The standard InChI is InChI=1S/C11H16O2/c1-10(2)5-4-6-11(3)8(10)7-9(12)13-11/h7H,4-6H2,1-3H3. The second-order valence-electron chi connectivity index (χ2n) is 4.95. The Labute approximate surface area is 79.0 Å². The smallest absolute Gasteiger partial charge is 0.331 e. The maximum absolute atomic E-state index is 11.2. The first-order valence-electron chi connectivity index (χ1n) is 4.90. The van der Waals surface area contributed by atoms with Crippen molar-refractivity contribution in [2.75, 3.05) is 0 Å². The van der Waals surface area contributed by atoms with E-state index < -0.39 is 0 Å². The number of carbonyl (C=O) groups is 1. The lowest BCUT2D eigenvalue weighted by Crippen LogP contribution is -2.38. The van der Waals surface area contributed by atoms with Crippen LogP contribution in [0.2, 0.25) is 0 Å². The Hall–Kier alpha value is -0.790. The van der Waals surface area contributed by atoms with E-state index in [0.29, 0.717) is 0 Å². The summed E-state index contributed by atoms with van der Waals surface area (Å²) in [6.45, 7) is 6.42. The molecule has 0 radical (unpaired) electrons. The molecule has 72 valence electrons. The topological polar surface area (TPSA) is 26.3 Å². The Morgan fingerprint density at radius 3 is 2.62 bits per heavy atom. The van der Waals surface area contributed by atoms with Crippen LogP contribution in [-0.4, -0.2) is 11.6 Å². The van der Waals surface area contributed by atoms with Gasteiger partial charge in [0.15, 0.2) is 0 Å². The summed E-state index contributed by atoms with van der Waals surface area (Å²) in [6, 6.07) is 0. The van der Waals surface area contributed by atoms with Crippen molar-refractivity contribution >= 4 is 5.97 Å². The van der Waals surface area contributed by atoms with Crippen LogP contribution in [0, 0.1) is 5.41 Å². The summed E-state index contributed by atoms with van der Waals surface area (Å²) in [7, 11) is 0. The fourth-order valence-corrected chi connectivity index (χ4v) is 2.68. The third-order valence-corrected chi connectivity index (χ3v) is 3.34. The molecule has 0 spiro atoms. The molecule has 1 unspecified atom stereocenters. The van der Waals surface area contributed by atoms with E-state index in [1.807, 2.05) is 6.92 Å². The van der Waals surface area contributed by atoms with Crippen molar-refractivity contribution in [1.82, 2.24) is 0 Å². The summed E-state index contributed by atoms with van der Waals surface area (Å²) in [6.07, 6.45) is 4.98. The van der Waals surface area contributed by atoms with Crippen molar-refractivity contribution in [3.05, 3.63) is 11.6 Å². The zero-order chi connectivity index (χ0) is 9.69. The first kappa shape index (κ1) is 8.79. The zero-order valence-corrected chi connectivity index (χ0v) is 8.52. The van der Waals surface area contributed by atoms with Crippen molar-refractivity contribution in [3.8, 4) is 0 Å². The number of hydrogen-bond donors (Lipinski definition) is 0. The summed E-state index contributed by atoms with van der Waals surface area (Å²) < 4.78 is 5.36. The molecule has 2 nitrogen and oxygen atoms in total. The summed E-state index contributed by atoms with van der Waals surface area (Å²) in [5.74, 6) is -0.160. The molecule has 0 bridgehead atoms. The van der Waals surface area contributed by atoms with Gasteiger partial charge in [0, 0.05) is 6.08 Å². The fraction of sp³-hybridized carbons (Fsp3) is 0.727. The number of hydrogen-bond acceptors (Lipinski definition) is 2. The van der Waals surface area contributed by atoms with Crippen molar-refractivity contribution in [2.45, 2.75) is 45.6 Å². The van der Waals surface area contributed by atoms with Crippen LogP contribution in [0.3, 0.4) is 0 Å². The van der Waals surface area contributed by atoms with E-state index in [9.17, 15) is 4.79 Å². The van der Waals surface area contributed by atoms with Gasteiger partial charge in [0.1, 0.15) is 5.60 Å². The van der Waals surface area contributed by atoms with Gasteiger partial charge in [-0.1, -0.05) is 13.8 Å². The van der Waals surface area contributed by atoms with Gasteiger partial charge in [0.05, 0.1) is 0 Å². The van der Waals surface area contributed by atoms with Crippen LogP contribution < -0.4 is 0 Å². The third-order valence-electron chi connectivity index (χ3n) is 3.34. The number of esters is 1. The monoisotopic (exact) mass is 180 g/mol. The molecule has 1 atom stereocenters. The minimum absolute atomic E-state index is 0.138. The molecule has 2 heteroatoms. The van der Waals surface area contributed by atoms with E-state index in [4.69, 9.17) is 4.74 Å². The third kappa shape index (κ3) is 1.19. The Bertz CT molecular complexity index is 288. The van der Waals surface area contributed by atoms with E-state index in [1.165, 1.54) is 5.57 Å². The Morgan fingerprint density at radius 2 is 2.00 bits per heavy atom. The average Bonchev–Trinajstić information content (AvgIpc) is 2.25. The highest BCUT2D eigenvalue weighted by Crippen LogP contribution is 2.49. The molecule has 0 N–H and O–H groups in total. The predicted octanol–water partition coefficient (Wildman–Crippen LogP) is 2.44. The lowest BCUT2D eigenvalue weighted by molar-refractivity contribution is -0.146. The highest BCUT2D eigenvalue weighted by Gasteiger charge is 2.47. The van der Waals surface area contributed by atoms with Crippen LogP contribution in [0.5, 0.6) is 0 Å². The van der Waals surface area contributed by atoms with Gasteiger partial charge in [-0.2, -0.15) is 0 Å². The summed E-state index contributed by atoms with van der Waals surface area (Å²) >= 11 is 0. The van der Waals surface area contributed by atoms with E-state index in [-0.39, 0.29) is 17.0 Å². The number of ether oxygens (including phenoxy) is 1. The SMILES string of the molecule is CC1(C)CCCC2(C)OC(=O)C=C12. The maximum Gasteiger partial charge on any atom is 0.331 e. The van der Waals surface area contributed by atoms with Gasteiger partial charge >= 0.3 is 5.97 Å². The van der Waals surface area contributed by atoms with Gasteiger partial charge in [-0.25, -0.2) is 4.79 Å². The molecule has 2 aliphatic rings. The Kier molecular flexibility index (Phi) is 1.60. The molecule has 0 amide bonds. The second-order valence-corrected chi connectivity index (χ2v) is 4.95. The van der Waals surface area contributed by atoms with E-state index in [1.54, 1.807) is 6.08 Å². The molecule has 1 fully saturated rings. The largest absolute Gasteiger partial charge is 0.452 e. The summed E-state index contributed by atoms with van der Waals surface area (Å²) in [4.78, 5) is 11.2. The molecule has 1 aliphatic heterocycles. The lowest BCUT2D eigenvalue weighted by atomic mass is 9.67. The normalized spacial score (nSPS) is 36.5. The molecular weight excluding hydrogens is 164 g/mol. The molecule has 1 aliphatic carbocycles. The van der Waals surface area contributed by atoms with Gasteiger partial charge in [0.2, 0.25) is 0 Å². The Morgan fingerprint density at radius 1 is 1.31 bits per heavy atom. The first-order valence-corrected chi connectivity index (χ1v) is 4.90. The van der Waals surface area contributed by atoms with Crippen LogP contribution in [0.4, 0.5) is 0 Å². The van der Waals surface area contributed by atoms with Gasteiger partial charge in [-0.15, -0.1) is 0 Å².